The number of aromatic nitrogens is 1. The minimum atomic E-state index is -0.857. The van der Waals surface area contributed by atoms with E-state index in [4.69, 9.17) is 0 Å². The molecule has 0 bridgehead atoms. The van der Waals surface area contributed by atoms with Gasteiger partial charge in [-0.05, 0) is 12.1 Å². The maximum atomic E-state index is 11.1. The van der Waals surface area contributed by atoms with E-state index in [1.807, 2.05) is 6.07 Å². The van der Waals surface area contributed by atoms with Gasteiger partial charge in [-0.1, -0.05) is 6.07 Å². The first kappa shape index (κ1) is 8.96. The Morgan fingerprint density at radius 2 is 2.50 bits per heavy atom. The topological polar surface area (TPSA) is 62.7 Å². The van der Waals surface area contributed by atoms with Gasteiger partial charge in [0.2, 0.25) is 0 Å². The van der Waals surface area contributed by atoms with Crippen molar-refractivity contribution in [2.75, 3.05) is 6.61 Å². The van der Waals surface area contributed by atoms with Gasteiger partial charge in [0.05, 0.1) is 12.2 Å². The van der Waals surface area contributed by atoms with Crippen LogP contribution in [0, 0.1) is 0 Å². The van der Waals surface area contributed by atoms with Gasteiger partial charge >= 0.3 is 6.09 Å². The Kier molecular flexibility index (Phi) is 2.32. The van der Waals surface area contributed by atoms with Gasteiger partial charge in [0.25, 0.3) is 0 Å². The SMILES string of the molecule is O=C1OCC(O)N1Cc1ccccn1. The molecule has 1 unspecified atom stereocenters. The first-order chi connectivity index (χ1) is 6.77. The van der Waals surface area contributed by atoms with E-state index in [1.54, 1.807) is 18.3 Å². The predicted molar refractivity (Wildman–Crippen MR) is 47.1 cm³/mol. The number of rotatable bonds is 2. The van der Waals surface area contributed by atoms with Crippen molar-refractivity contribution < 1.29 is 14.6 Å². The first-order valence-corrected chi connectivity index (χ1v) is 4.29. The number of hydrogen-bond donors (Lipinski definition) is 1. The zero-order chi connectivity index (χ0) is 9.97. The quantitative estimate of drug-likeness (QED) is 0.738. The second-order valence-electron chi connectivity index (χ2n) is 3.01. The lowest BCUT2D eigenvalue weighted by atomic mass is 10.3. The van der Waals surface area contributed by atoms with E-state index in [0.717, 1.165) is 5.69 Å². The number of cyclic esters (lactones) is 1. The summed E-state index contributed by atoms with van der Waals surface area (Å²) in [4.78, 5) is 16.4. The third-order valence-electron chi connectivity index (χ3n) is 2.01. The van der Waals surface area contributed by atoms with Gasteiger partial charge in [0.1, 0.15) is 6.61 Å². The summed E-state index contributed by atoms with van der Waals surface area (Å²) in [7, 11) is 0. The summed E-state index contributed by atoms with van der Waals surface area (Å²) in [6.45, 7) is 0.312. The average Bonchev–Trinajstić information content (AvgIpc) is 2.51. The van der Waals surface area contributed by atoms with Crippen LogP contribution in [0.2, 0.25) is 0 Å². The van der Waals surface area contributed by atoms with E-state index in [2.05, 4.69) is 9.72 Å². The molecule has 1 fully saturated rings. The third kappa shape index (κ3) is 1.67. The smallest absolute Gasteiger partial charge is 0.412 e. The Balaban J connectivity index is 2.07. The average molecular weight is 194 g/mol. The Morgan fingerprint density at radius 1 is 1.64 bits per heavy atom. The largest absolute Gasteiger partial charge is 0.445 e. The van der Waals surface area contributed by atoms with Crippen LogP contribution in [0.4, 0.5) is 4.79 Å². The van der Waals surface area contributed by atoms with Crippen molar-refractivity contribution in [3.8, 4) is 0 Å². The maximum Gasteiger partial charge on any atom is 0.412 e. The fourth-order valence-electron chi connectivity index (χ4n) is 1.28. The number of aliphatic hydroxyl groups excluding tert-OH is 1. The van der Waals surface area contributed by atoms with E-state index in [9.17, 15) is 9.90 Å². The number of carbonyl (C=O) groups is 1. The number of amides is 1. The lowest BCUT2D eigenvalue weighted by Gasteiger charge is -2.15. The highest BCUT2D eigenvalue weighted by atomic mass is 16.6. The zero-order valence-electron chi connectivity index (χ0n) is 7.46. The summed E-state index contributed by atoms with van der Waals surface area (Å²) >= 11 is 0. The number of pyridine rings is 1. The minimum Gasteiger partial charge on any atom is -0.445 e. The molecular formula is C9H10N2O3. The molecule has 0 aromatic carbocycles. The highest BCUT2D eigenvalue weighted by molar-refractivity contribution is 5.69. The molecule has 0 saturated carbocycles. The third-order valence-corrected chi connectivity index (χ3v) is 2.01. The standard InChI is InChI=1S/C9H10N2O3/c12-8-6-14-9(13)11(8)5-7-3-1-2-4-10-7/h1-4,8,12H,5-6H2. The van der Waals surface area contributed by atoms with Crippen molar-refractivity contribution in [1.82, 2.24) is 9.88 Å². The molecule has 1 saturated heterocycles. The van der Waals surface area contributed by atoms with Gasteiger partial charge in [0, 0.05) is 6.20 Å². The molecule has 2 heterocycles. The van der Waals surface area contributed by atoms with Crippen LogP contribution in [0.15, 0.2) is 24.4 Å². The summed E-state index contributed by atoms with van der Waals surface area (Å²) in [6, 6.07) is 5.41. The van der Waals surface area contributed by atoms with Gasteiger partial charge in [-0.15, -0.1) is 0 Å². The van der Waals surface area contributed by atoms with Gasteiger partial charge in [-0.25, -0.2) is 4.79 Å². The molecule has 0 spiro atoms. The molecule has 1 aromatic heterocycles. The fraction of sp³-hybridized carbons (Fsp3) is 0.333. The summed E-state index contributed by atoms with van der Waals surface area (Å²) < 4.78 is 4.66. The van der Waals surface area contributed by atoms with Crippen LogP contribution in [0.1, 0.15) is 5.69 Å². The molecule has 14 heavy (non-hydrogen) atoms. The highest BCUT2D eigenvalue weighted by Gasteiger charge is 2.31. The van der Waals surface area contributed by atoms with Crippen molar-refractivity contribution in [2.45, 2.75) is 12.8 Å². The van der Waals surface area contributed by atoms with Gasteiger partial charge in [0.15, 0.2) is 6.23 Å². The van der Waals surface area contributed by atoms with Gasteiger partial charge in [-0.3, -0.25) is 9.88 Å². The summed E-state index contributed by atoms with van der Waals surface area (Å²) in [5.41, 5.74) is 0.727. The Labute approximate surface area is 80.9 Å². The minimum absolute atomic E-state index is 0.0334. The molecule has 5 heteroatoms. The lowest BCUT2D eigenvalue weighted by molar-refractivity contribution is 0.0546. The van der Waals surface area contributed by atoms with E-state index in [-0.39, 0.29) is 13.2 Å². The van der Waals surface area contributed by atoms with Crippen LogP contribution >= 0.6 is 0 Å². The van der Waals surface area contributed by atoms with Crippen LogP contribution in [0.25, 0.3) is 0 Å². The number of hydrogen-bond acceptors (Lipinski definition) is 4. The van der Waals surface area contributed by atoms with Crippen LogP contribution in [0.5, 0.6) is 0 Å². The molecule has 1 aliphatic rings. The van der Waals surface area contributed by atoms with Crippen LogP contribution < -0.4 is 0 Å². The Hall–Kier alpha value is -1.62. The van der Waals surface area contributed by atoms with Crippen molar-refractivity contribution in [3.63, 3.8) is 0 Å². The molecule has 1 amide bonds. The molecular weight excluding hydrogens is 184 g/mol. The maximum absolute atomic E-state index is 11.1. The zero-order valence-corrected chi connectivity index (χ0v) is 7.46. The molecule has 2 rings (SSSR count). The number of carbonyl (C=O) groups excluding carboxylic acids is 1. The van der Waals surface area contributed by atoms with Crippen molar-refractivity contribution >= 4 is 6.09 Å². The van der Waals surface area contributed by atoms with Crippen LogP contribution in [-0.2, 0) is 11.3 Å². The van der Waals surface area contributed by atoms with E-state index < -0.39 is 12.3 Å². The van der Waals surface area contributed by atoms with Crippen molar-refractivity contribution in [2.24, 2.45) is 0 Å². The van der Waals surface area contributed by atoms with Gasteiger partial charge in [-0.2, -0.15) is 0 Å². The molecule has 1 aliphatic heterocycles. The van der Waals surface area contributed by atoms with E-state index in [0.29, 0.717) is 0 Å². The summed E-state index contributed by atoms with van der Waals surface area (Å²) in [5, 5.41) is 9.37. The van der Waals surface area contributed by atoms with Gasteiger partial charge < -0.3 is 9.84 Å². The number of nitrogens with zero attached hydrogens (tertiary/aromatic N) is 2. The fourth-order valence-corrected chi connectivity index (χ4v) is 1.28. The van der Waals surface area contributed by atoms with Crippen LogP contribution in [-0.4, -0.2) is 33.9 Å². The van der Waals surface area contributed by atoms with Crippen molar-refractivity contribution in [3.05, 3.63) is 30.1 Å². The monoisotopic (exact) mass is 194 g/mol. The highest BCUT2D eigenvalue weighted by Crippen LogP contribution is 2.12. The summed E-state index contributed by atoms with van der Waals surface area (Å²) in [5.74, 6) is 0. The Morgan fingerprint density at radius 3 is 3.07 bits per heavy atom. The normalized spacial score (nSPS) is 21.1. The Bertz CT molecular complexity index is 328. The van der Waals surface area contributed by atoms with E-state index in [1.165, 1.54) is 4.90 Å². The molecule has 1 aromatic rings. The second-order valence-corrected chi connectivity index (χ2v) is 3.01. The second kappa shape index (κ2) is 3.63. The molecule has 74 valence electrons. The predicted octanol–water partition coefficient (Wildman–Crippen LogP) is 0.352. The lowest BCUT2D eigenvalue weighted by Crippen LogP contribution is -2.32. The first-order valence-electron chi connectivity index (χ1n) is 4.29. The summed E-state index contributed by atoms with van der Waals surface area (Å²) in [6.07, 6.45) is 0.288. The molecule has 0 radical (unpaired) electrons. The molecule has 1 atom stereocenters. The van der Waals surface area contributed by atoms with Crippen LogP contribution in [0.3, 0.4) is 0 Å². The molecule has 1 N–H and O–H groups in total. The van der Waals surface area contributed by atoms with E-state index >= 15 is 0 Å². The van der Waals surface area contributed by atoms with Crippen molar-refractivity contribution in [1.29, 1.82) is 0 Å². The number of ether oxygens (including phenoxy) is 1. The molecule has 5 nitrogen and oxygen atoms in total. The number of aliphatic hydroxyl groups is 1. The molecule has 0 aliphatic carbocycles.